The maximum atomic E-state index is 8.89. The minimum absolute atomic E-state index is 0.0161. The third kappa shape index (κ3) is 2.87. The molecule has 0 unspecified atom stereocenters. The van der Waals surface area contributed by atoms with Crippen LogP contribution in [0.25, 0.3) is 0 Å². The topological polar surface area (TPSA) is 48.9 Å². The molecule has 2 N–H and O–H groups in total. The number of aliphatic hydroxyl groups excluding tert-OH is 1. The zero-order valence-electron chi connectivity index (χ0n) is 9.10. The molecule has 1 aromatic carbocycles. The van der Waals surface area contributed by atoms with Gasteiger partial charge in [0.1, 0.15) is 5.82 Å². The van der Waals surface area contributed by atoms with Gasteiger partial charge in [0, 0.05) is 4.90 Å². The molecule has 3 nitrogen and oxygen atoms in total. The largest absolute Gasteiger partial charge is 0.390 e. The number of aliphatic hydroxyl groups is 1. The molecule has 0 aliphatic rings. The Morgan fingerprint density at radius 2 is 2.06 bits per heavy atom. The highest BCUT2D eigenvalue weighted by Gasteiger charge is 2.00. The summed E-state index contributed by atoms with van der Waals surface area (Å²) in [6.45, 7) is 2.09. The highest BCUT2D eigenvalue weighted by Crippen LogP contribution is 2.21. The lowest BCUT2D eigenvalue weighted by Crippen LogP contribution is -1.86. The minimum atomic E-state index is 0.0161. The standard InChI is InChI=1S/C12H14N2OS/c1-9-2-4-11(5-3-9)16-8-12-13-6-10(7-15)14-12/h2-6,15H,7-8H2,1H3,(H,13,14). The number of H-pyrrole nitrogens is 1. The third-order valence-electron chi connectivity index (χ3n) is 2.25. The highest BCUT2D eigenvalue weighted by atomic mass is 32.2. The van der Waals surface area contributed by atoms with Gasteiger partial charge in [-0.25, -0.2) is 4.98 Å². The monoisotopic (exact) mass is 234 g/mol. The Morgan fingerprint density at radius 3 is 2.69 bits per heavy atom. The predicted octanol–water partition coefficient (Wildman–Crippen LogP) is 2.50. The van der Waals surface area contributed by atoms with E-state index in [2.05, 4.69) is 41.2 Å². The zero-order chi connectivity index (χ0) is 11.4. The van der Waals surface area contributed by atoms with Crippen LogP contribution < -0.4 is 0 Å². The van der Waals surface area contributed by atoms with Gasteiger partial charge in [0.05, 0.1) is 24.3 Å². The maximum absolute atomic E-state index is 8.89. The minimum Gasteiger partial charge on any atom is -0.390 e. The lowest BCUT2D eigenvalue weighted by atomic mass is 10.2. The van der Waals surface area contributed by atoms with Gasteiger partial charge in [-0.15, -0.1) is 11.8 Å². The first-order valence-electron chi connectivity index (χ1n) is 5.11. The van der Waals surface area contributed by atoms with Crippen molar-refractivity contribution in [2.45, 2.75) is 24.2 Å². The van der Waals surface area contributed by atoms with E-state index in [-0.39, 0.29) is 6.61 Å². The van der Waals surface area contributed by atoms with Crippen molar-refractivity contribution < 1.29 is 5.11 Å². The number of hydrogen-bond donors (Lipinski definition) is 2. The summed E-state index contributed by atoms with van der Waals surface area (Å²) >= 11 is 1.73. The smallest absolute Gasteiger partial charge is 0.116 e. The molecule has 0 amide bonds. The molecule has 0 saturated heterocycles. The molecule has 0 radical (unpaired) electrons. The molecule has 2 aromatic rings. The number of thioether (sulfide) groups is 1. The average Bonchev–Trinajstić information content (AvgIpc) is 2.76. The average molecular weight is 234 g/mol. The van der Waals surface area contributed by atoms with E-state index in [1.54, 1.807) is 18.0 Å². The number of nitrogens with zero attached hydrogens (tertiary/aromatic N) is 1. The molecule has 0 aliphatic carbocycles. The van der Waals surface area contributed by atoms with Gasteiger partial charge in [-0.3, -0.25) is 0 Å². The summed E-state index contributed by atoms with van der Waals surface area (Å²) < 4.78 is 0. The van der Waals surface area contributed by atoms with Crippen molar-refractivity contribution in [1.29, 1.82) is 0 Å². The zero-order valence-corrected chi connectivity index (χ0v) is 9.92. The Morgan fingerprint density at radius 1 is 1.31 bits per heavy atom. The summed E-state index contributed by atoms with van der Waals surface area (Å²) in [6, 6.07) is 8.42. The van der Waals surface area contributed by atoms with Crippen LogP contribution in [0.1, 0.15) is 17.1 Å². The summed E-state index contributed by atoms with van der Waals surface area (Å²) in [7, 11) is 0. The van der Waals surface area contributed by atoms with Gasteiger partial charge in [-0.1, -0.05) is 17.7 Å². The molecule has 2 rings (SSSR count). The van der Waals surface area contributed by atoms with Gasteiger partial charge in [0.15, 0.2) is 0 Å². The van der Waals surface area contributed by atoms with Gasteiger partial charge in [0.2, 0.25) is 0 Å². The summed E-state index contributed by atoms with van der Waals surface area (Å²) in [6.07, 6.45) is 1.67. The molecule has 0 atom stereocenters. The van der Waals surface area contributed by atoms with Crippen LogP contribution in [0.5, 0.6) is 0 Å². The molecule has 1 heterocycles. The highest BCUT2D eigenvalue weighted by molar-refractivity contribution is 7.98. The van der Waals surface area contributed by atoms with E-state index in [1.165, 1.54) is 10.5 Å². The predicted molar refractivity (Wildman–Crippen MR) is 65.3 cm³/mol. The summed E-state index contributed by atoms with van der Waals surface area (Å²) in [5.74, 6) is 1.69. The molecule has 1 aromatic heterocycles. The van der Waals surface area contributed by atoms with Crippen molar-refractivity contribution in [1.82, 2.24) is 9.97 Å². The van der Waals surface area contributed by atoms with Crippen LogP contribution >= 0.6 is 11.8 Å². The number of imidazole rings is 1. The molecular formula is C12H14N2OS. The Labute approximate surface area is 98.9 Å². The fourth-order valence-corrected chi connectivity index (χ4v) is 2.12. The van der Waals surface area contributed by atoms with Crippen LogP contribution in [0.2, 0.25) is 0 Å². The number of aryl methyl sites for hydroxylation is 1. The molecule has 0 fully saturated rings. The Bertz CT molecular complexity index is 450. The van der Waals surface area contributed by atoms with Crippen molar-refractivity contribution in [2.75, 3.05) is 0 Å². The number of rotatable bonds is 4. The Kier molecular flexibility index (Phi) is 3.64. The Balaban J connectivity index is 1.94. The van der Waals surface area contributed by atoms with Gasteiger partial charge in [-0.2, -0.15) is 0 Å². The van der Waals surface area contributed by atoms with Crippen LogP contribution in [0.4, 0.5) is 0 Å². The summed E-state index contributed by atoms with van der Waals surface area (Å²) in [4.78, 5) is 8.47. The van der Waals surface area contributed by atoms with Gasteiger partial charge >= 0.3 is 0 Å². The van der Waals surface area contributed by atoms with Crippen molar-refractivity contribution in [3.8, 4) is 0 Å². The Hall–Kier alpha value is -1.26. The summed E-state index contributed by atoms with van der Waals surface area (Å²) in [5, 5.41) is 8.89. The van der Waals surface area contributed by atoms with E-state index in [0.717, 1.165) is 17.3 Å². The second-order valence-corrected chi connectivity index (χ2v) is 4.66. The van der Waals surface area contributed by atoms with Crippen molar-refractivity contribution in [3.05, 3.63) is 47.5 Å². The van der Waals surface area contributed by atoms with Gasteiger partial charge in [0.25, 0.3) is 0 Å². The molecule has 0 spiro atoms. The van der Waals surface area contributed by atoms with E-state index in [1.807, 2.05) is 0 Å². The second kappa shape index (κ2) is 5.18. The van der Waals surface area contributed by atoms with Gasteiger partial charge < -0.3 is 10.1 Å². The first kappa shape index (κ1) is 11.2. The SMILES string of the molecule is Cc1ccc(SCc2ncc(CO)[nH]2)cc1. The van der Waals surface area contributed by atoms with Crippen LogP contribution in [-0.4, -0.2) is 15.1 Å². The number of aromatic nitrogens is 2. The van der Waals surface area contributed by atoms with E-state index in [9.17, 15) is 0 Å². The van der Waals surface area contributed by atoms with Crippen LogP contribution in [-0.2, 0) is 12.4 Å². The van der Waals surface area contributed by atoms with E-state index < -0.39 is 0 Å². The number of benzene rings is 1. The normalized spacial score (nSPS) is 10.6. The molecular weight excluding hydrogens is 220 g/mol. The van der Waals surface area contributed by atoms with Crippen molar-refractivity contribution >= 4 is 11.8 Å². The van der Waals surface area contributed by atoms with Gasteiger partial charge in [-0.05, 0) is 19.1 Å². The molecule has 4 heteroatoms. The molecule has 84 valence electrons. The fraction of sp³-hybridized carbons (Fsp3) is 0.250. The van der Waals surface area contributed by atoms with Crippen LogP contribution in [0.3, 0.4) is 0 Å². The molecule has 16 heavy (non-hydrogen) atoms. The van der Waals surface area contributed by atoms with Crippen molar-refractivity contribution in [2.24, 2.45) is 0 Å². The van der Waals surface area contributed by atoms with E-state index in [0.29, 0.717) is 0 Å². The first-order chi connectivity index (χ1) is 7.78. The lowest BCUT2D eigenvalue weighted by Gasteiger charge is -1.99. The quantitative estimate of drug-likeness (QED) is 0.799. The fourth-order valence-electron chi connectivity index (χ4n) is 1.35. The molecule has 0 saturated carbocycles. The summed E-state index contributed by atoms with van der Waals surface area (Å²) in [5.41, 5.74) is 2.03. The second-order valence-electron chi connectivity index (χ2n) is 3.61. The number of hydrogen-bond acceptors (Lipinski definition) is 3. The van der Waals surface area contributed by atoms with E-state index in [4.69, 9.17) is 5.11 Å². The first-order valence-corrected chi connectivity index (χ1v) is 6.09. The molecule has 0 bridgehead atoms. The number of aromatic amines is 1. The van der Waals surface area contributed by atoms with Crippen molar-refractivity contribution in [3.63, 3.8) is 0 Å². The van der Waals surface area contributed by atoms with E-state index >= 15 is 0 Å². The number of nitrogens with one attached hydrogen (secondary N) is 1. The van der Waals surface area contributed by atoms with Crippen LogP contribution in [0, 0.1) is 6.92 Å². The molecule has 0 aliphatic heterocycles. The third-order valence-corrected chi connectivity index (χ3v) is 3.27. The maximum Gasteiger partial charge on any atom is 0.116 e. The lowest BCUT2D eigenvalue weighted by molar-refractivity contribution is 0.277. The van der Waals surface area contributed by atoms with Crippen LogP contribution in [0.15, 0.2) is 35.4 Å².